The van der Waals surface area contributed by atoms with E-state index in [1.807, 2.05) is 7.05 Å². The maximum Gasteiger partial charge on any atom is 0.193 e. The Bertz CT molecular complexity index is 522. The van der Waals surface area contributed by atoms with Crippen LogP contribution in [0, 0.1) is 12.8 Å². The van der Waals surface area contributed by atoms with E-state index in [0.717, 1.165) is 38.7 Å². The van der Waals surface area contributed by atoms with Crippen molar-refractivity contribution in [3.8, 4) is 0 Å². The minimum absolute atomic E-state index is 0. The number of rotatable bonds is 5. The molecule has 0 bridgehead atoms. The van der Waals surface area contributed by atoms with Crippen molar-refractivity contribution in [2.75, 3.05) is 40.4 Å². The summed E-state index contributed by atoms with van der Waals surface area (Å²) in [6.07, 6.45) is 1.15. The molecule has 1 atom stereocenters. The van der Waals surface area contributed by atoms with E-state index in [2.05, 4.69) is 67.3 Å². The van der Waals surface area contributed by atoms with Crippen LogP contribution >= 0.6 is 24.0 Å². The maximum atomic E-state index is 5.47. The van der Waals surface area contributed by atoms with Crippen molar-refractivity contribution in [1.82, 2.24) is 10.2 Å². The van der Waals surface area contributed by atoms with Gasteiger partial charge in [-0.3, -0.25) is 4.99 Å². The average molecular weight is 445 g/mol. The average Bonchev–Trinajstić information content (AvgIpc) is 3.01. The van der Waals surface area contributed by atoms with Crippen molar-refractivity contribution in [1.29, 1.82) is 0 Å². The first kappa shape index (κ1) is 21.2. The molecule has 0 radical (unpaired) electrons. The molecule has 1 N–H and O–H groups in total. The fraction of sp³-hybridized carbons (Fsp3) is 0.632. The van der Waals surface area contributed by atoms with Crippen LogP contribution in [0.1, 0.15) is 31.4 Å². The summed E-state index contributed by atoms with van der Waals surface area (Å²) in [6, 6.07) is 8.80. The number of hydrogen-bond acceptors (Lipinski definition) is 2. The molecule has 2 rings (SSSR count). The summed E-state index contributed by atoms with van der Waals surface area (Å²) in [5, 5.41) is 3.53. The third kappa shape index (κ3) is 5.92. The van der Waals surface area contributed by atoms with Gasteiger partial charge in [0, 0.05) is 45.1 Å². The molecule has 1 saturated heterocycles. The molecule has 136 valence electrons. The summed E-state index contributed by atoms with van der Waals surface area (Å²) in [7, 11) is 3.95. The molecule has 24 heavy (non-hydrogen) atoms. The van der Waals surface area contributed by atoms with Crippen molar-refractivity contribution in [2.45, 2.75) is 32.6 Å². The Morgan fingerprint density at radius 1 is 1.33 bits per heavy atom. The van der Waals surface area contributed by atoms with Crippen LogP contribution in [0.15, 0.2) is 29.3 Å². The first-order valence-corrected chi connectivity index (χ1v) is 8.49. The number of hydrogen-bond donors (Lipinski definition) is 1. The fourth-order valence-corrected chi connectivity index (χ4v) is 2.99. The number of guanidine groups is 1. The predicted molar refractivity (Wildman–Crippen MR) is 113 cm³/mol. The van der Waals surface area contributed by atoms with E-state index in [9.17, 15) is 0 Å². The number of benzene rings is 1. The highest BCUT2D eigenvalue weighted by Crippen LogP contribution is 2.22. The van der Waals surface area contributed by atoms with E-state index >= 15 is 0 Å². The van der Waals surface area contributed by atoms with E-state index < -0.39 is 0 Å². The zero-order valence-corrected chi connectivity index (χ0v) is 18.0. The monoisotopic (exact) mass is 445 g/mol. The van der Waals surface area contributed by atoms with Crippen molar-refractivity contribution in [3.05, 3.63) is 35.4 Å². The molecule has 0 spiro atoms. The lowest BCUT2D eigenvalue weighted by atomic mass is 9.84. The highest BCUT2D eigenvalue weighted by Gasteiger charge is 2.23. The summed E-state index contributed by atoms with van der Waals surface area (Å²) in [5.74, 6) is 1.57. The molecule has 0 aromatic heterocycles. The van der Waals surface area contributed by atoms with E-state index in [4.69, 9.17) is 4.74 Å². The van der Waals surface area contributed by atoms with Crippen molar-refractivity contribution in [3.63, 3.8) is 0 Å². The molecule has 1 aliphatic rings. The van der Waals surface area contributed by atoms with Gasteiger partial charge in [0.1, 0.15) is 0 Å². The van der Waals surface area contributed by atoms with Crippen LogP contribution in [-0.2, 0) is 10.2 Å². The number of ether oxygens (including phenoxy) is 1. The lowest BCUT2D eigenvalue weighted by Crippen LogP contribution is -2.45. The van der Waals surface area contributed by atoms with Gasteiger partial charge in [0.05, 0.1) is 6.61 Å². The van der Waals surface area contributed by atoms with E-state index in [1.54, 1.807) is 0 Å². The summed E-state index contributed by atoms with van der Waals surface area (Å²) in [5.41, 5.74) is 2.70. The van der Waals surface area contributed by atoms with Gasteiger partial charge >= 0.3 is 0 Å². The normalized spacial score (nSPS) is 18.2. The van der Waals surface area contributed by atoms with Gasteiger partial charge in [0.2, 0.25) is 0 Å². The van der Waals surface area contributed by atoms with Crippen LogP contribution in [0.25, 0.3) is 0 Å². The van der Waals surface area contributed by atoms with Crippen LogP contribution in [0.3, 0.4) is 0 Å². The van der Waals surface area contributed by atoms with E-state index in [-0.39, 0.29) is 29.4 Å². The summed E-state index contributed by atoms with van der Waals surface area (Å²) < 4.78 is 5.47. The molecule has 4 nitrogen and oxygen atoms in total. The van der Waals surface area contributed by atoms with Gasteiger partial charge in [-0.25, -0.2) is 0 Å². The van der Waals surface area contributed by atoms with Crippen molar-refractivity contribution < 1.29 is 4.74 Å². The van der Waals surface area contributed by atoms with Crippen LogP contribution in [-0.4, -0.2) is 51.3 Å². The maximum absolute atomic E-state index is 5.47. The van der Waals surface area contributed by atoms with Gasteiger partial charge < -0.3 is 15.0 Å². The Kier molecular flexibility index (Phi) is 8.50. The fourth-order valence-electron chi connectivity index (χ4n) is 2.99. The van der Waals surface area contributed by atoms with Gasteiger partial charge in [-0.15, -0.1) is 24.0 Å². The standard InChI is InChI=1S/C19H31N3O.HI/c1-15-6-8-17(9-7-15)19(2,3)14-21-18(20-4)22(5)12-16-10-11-23-13-16;/h6-9,16H,10-14H2,1-5H3,(H,20,21);1H. The summed E-state index contributed by atoms with van der Waals surface area (Å²) in [4.78, 5) is 6.64. The lowest BCUT2D eigenvalue weighted by molar-refractivity contribution is 0.181. The molecule has 1 aromatic carbocycles. The molecular weight excluding hydrogens is 413 g/mol. The van der Waals surface area contributed by atoms with E-state index in [1.165, 1.54) is 11.1 Å². The smallest absolute Gasteiger partial charge is 0.193 e. The second kappa shape index (κ2) is 9.61. The zero-order chi connectivity index (χ0) is 16.9. The van der Waals surface area contributed by atoms with Crippen LogP contribution in [0.2, 0.25) is 0 Å². The Balaban J connectivity index is 0.00000288. The first-order valence-electron chi connectivity index (χ1n) is 8.49. The molecule has 1 aliphatic heterocycles. The molecule has 5 heteroatoms. The van der Waals surface area contributed by atoms with Gasteiger partial charge in [0.15, 0.2) is 5.96 Å². The molecule has 1 aromatic rings. The van der Waals surface area contributed by atoms with Gasteiger partial charge in [-0.2, -0.15) is 0 Å². The Morgan fingerprint density at radius 2 is 2.00 bits per heavy atom. The number of aliphatic imine (C=N–C) groups is 1. The quantitative estimate of drug-likeness (QED) is 0.429. The minimum atomic E-state index is 0. The molecule has 0 aliphatic carbocycles. The number of nitrogens with one attached hydrogen (secondary N) is 1. The molecule has 0 amide bonds. The largest absolute Gasteiger partial charge is 0.381 e. The summed E-state index contributed by atoms with van der Waals surface area (Å²) >= 11 is 0. The number of aryl methyl sites for hydroxylation is 1. The van der Waals surface area contributed by atoms with Gasteiger partial charge in [-0.05, 0) is 18.9 Å². The summed E-state index contributed by atoms with van der Waals surface area (Å²) in [6.45, 7) is 10.3. The third-order valence-electron chi connectivity index (χ3n) is 4.65. The second-order valence-electron chi connectivity index (χ2n) is 7.26. The Morgan fingerprint density at radius 3 is 2.54 bits per heavy atom. The van der Waals surface area contributed by atoms with Gasteiger partial charge in [0.25, 0.3) is 0 Å². The van der Waals surface area contributed by atoms with E-state index in [0.29, 0.717) is 5.92 Å². The zero-order valence-electron chi connectivity index (χ0n) is 15.6. The molecular formula is C19H32IN3O. The highest BCUT2D eigenvalue weighted by molar-refractivity contribution is 14.0. The number of halogens is 1. The third-order valence-corrected chi connectivity index (χ3v) is 4.65. The van der Waals surface area contributed by atoms with Crippen LogP contribution < -0.4 is 5.32 Å². The predicted octanol–water partition coefficient (Wildman–Crippen LogP) is 3.43. The molecule has 1 fully saturated rings. The lowest BCUT2D eigenvalue weighted by Gasteiger charge is -2.30. The number of nitrogens with zero attached hydrogens (tertiary/aromatic N) is 2. The Hall–Kier alpha value is -0.820. The van der Waals surface area contributed by atoms with Crippen LogP contribution in [0.5, 0.6) is 0 Å². The second-order valence-corrected chi connectivity index (χ2v) is 7.26. The highest BCUT2D eigenvalue weighted by atomic mass is 127. The first-order chi connectivity index (χ1) is 10.9. The molecule has 0 saturated carbocycles. The SMILES string of the molecule is CN=C(NCC(C)(C)c1ccc(C)cc1)N(C)CC1CCOC1.I. The minimum Gasteiger partial charge on any atom is -0.381 e. The van der Waals surface area contributed by atoms with Gasteiger partial charge in [-0.1, -0.05) is 43.7 Å². The van der Waals surface area contributed by atoms with Crippen LogP contribution in [0.4, 0.5) is 0 Å². The molecule has 1 unspecified atom stereocenters. The van der Waals surface area contributed by atoms with Crippen molar-refractivity contribution in [2.24, 2.45) is 10.9 Å². The molecule has 1 heterocycles. The van der Waals surface area contributed by atoms with Crippen molar-refractivity contribution >= 4 is 29.9 Å². The Labute approximate surface area is 164 Å². The topological polar surface area (TPSA) is 36.9 Å².